The van der Waals surface area contributed by atoms with Crippen molar-refractivity contribution in [3.63, 3.8) is 0 Å². The van der Waals surface area contributed by atoms with Crippen LogP contribution in [0, 0.1) is 11.6 Å². The summed E-state index contributed by atoms with van der Waals surface area (Å²) in [4.78, 5) is 4.00. The number of hydrogen-bond acceptors (Lipinski definition) is 3. The van der Waals surface area contributed by atoms with Crippen LogP contribution in [0.15, 0.2) is 36.4 Å². The Hall–Kier alpha value is -2.17. The summed E-state index contributed by atoms with van der Waals surface area (Å²) in [5.41, 5.74) is 0.635. The van der Waals surface area contributed by atoms with Crippen LogP contribution in [0.3, 0.4) is 0 Å². The molecule has 0 saturated heterocycles. The Kier molecular flexibility index (Phi) is 4.40. The van der Waals surface area contributed by atoms with Gasteiger partial charge in [-0.2, -0.15) is 0 Å². The van der Waals surface area contributed by atoms with Crippen LogP contribution in [0.1, 0.15) is 26.3 Å². The molecule has 1 aromatic heterocycles. The summed E-state index contributed by atoms with van der Waals surface area (Å²) in [5.74, 6) is -1.33. The van der Waals surface area contributed by atoms with Crippen molar-refractivity contribution in [2.24, 2.45) is 0 Å². The van der Waals surface area contributed by atoms with Gasteiger partial charge in [0.2, 0.25) is 0 Å². The lowest BCUT2D eigenvalue weighted by atomic mass is 10.1. The van der Waals surface area contributed by atoms with Crippen molar-refractivity contribution in [1.29, 1.82) is 0 Å². The predicted molar refractivity (Wildman–Crippen MR) is 81.3 cm³/mol. The van der Waals surface area contributed by atoms with E-state index >= 15 is 0 Å². The monoisotopic (exact) mass is 291 g/mol. The van der Waals surface area contributed by atoms with E-state index in [1.807, 2.05) is 51.1 Å². The first-order chi connectivity index (χ1) is 9.85. The Bertz CT molecular complexity index is 607. The molecule has 2 N–H and O–H groups in total. The fourth-order valence-corrected chi connectivity index (χ4v) is 1.82. The zero-order valence-electron chi connectivity index (χ0n) is 12.4. The Morgan fingerprint density at radius 2 is 1.62 bits per heavy atom. The predicted octanol–water partition coefficient (Wildman–Crippen LogP) is 4.18. The van der Waals surface area contributed by atoms with E-state index in [1.165, 1.54) is 0 Å². The molecule has 0 atom stereocenters. The standard InChI is InChI=1S/C16H19F2N3/c1-16(2,3)21-15-13(18)9-12(17)14(20-15)19-10-11-7-5-4-6-8-11/h4-9H,10H2,1-3H3,(H2,19,20,21). The van der Waals surface area contributed by atoms with E-state index in [9.17, 15) is 8.78 Å². The minimum absolute atomic E-state index is 0.0343. The van der Waals surface area contributed by atoms with Crippen molar-refractivity contribution in [1.82, 2.24) is 4.98 Å². The highest BCUT2D eigenvalue weighted by Crippen LogP contribution is 2.22. The van der Waals surface area contributed by atoms with Crippen LogP contribution in [-0.4, -0.2) is 10.5 Å². The number of benzene rings is 1. The molecule has 0 aliphatic carbocycles. The van der Waals surface area contributed by atoms with Crippen molar-refractivity contribution in [3.05, 3.63) is 53.6 Å². The Labute approximate surface area is 123 Å². The van der Waals surface area contributed by atoms with Crippen molar-refractivity contribution in [3.8, 4) is 0 Å². The van der Waals surface area contributed by atoms with Crippen molar-refractivity contribution in [2.45, 2.75) is 32.9 Å². The molecular formula is C16H19F2N3. The van der Waals surface area contributed by atoms with Crippen LogP contribution >= 0.6 is 0 Å². The number of pyridine rings is 1. The van der Waals surface area contributed by atoms with E-state index < -0.39 is 11.6 Å². The SMILES string of the molecule is CC(C)(C)Nc1nc(NCc2ccccc2)c(F)cc1F. The molecule has 1 heterocycles. The maximum absolute atomic E-state index is 13.8. The zero-order valence-corrected chi connectivity index (χ0v) is 12.4. The van der Waals surface area contributed by atoms with Gasteiger partial charge in [0.05, 0.1) is 0 Å². The maximum atomic E-state index is 13.8. The van der Waals surface area contributed by atoms with Gasteiger partial charge in [-0.25, -0.2) is 13.8 Å². The molecule has 0 amide bonds. The van der Waals surface area contributed by atoms with Gasteiger partial charge in [0.15, 0.2) is 23.3 Å². The second-order valence-corrected chi connectivity index (χ2v) is 5.86. The fraction of sp³-hybridized carbons (Fsp3) is 0.312. The van der Waals surface area contributed by atoms with Gasteiger partial charge in [0.1, 0.15) is 0 Å². The number of nitrogens with zero attached hydrogens (tertiary/aromatic N) is 1. The van der Waals surface area contributed by atoms with Crippen molar-refractivity contribution < 1.29 is 8.78 Å². The number of rotatable bonds is 4. The zero-order chi connectivity index (χ0) is 15.5. The Morgan fingerprint density at radius 3 is 2.24 bits per heavy atom. The van der Waals surface area contributed by atoms with Crippen molar-refractivity contribution >= 4 is 11.6 Å². The fourth-order valence-electron chi connectivity index (χ4n) is 1.82. The first-order valence-corrected chi connectivity index (χ1v) is 6.77. The van der Waals surface area contributed by atoms with E-state index in [0.29, 0.717) is 6.54 Å². The lowest BCUT2D eigenvalue weighted by Crippen LogP contribution is -2.27. The third-order valence-electron chi connectivity index (χ3n) is 2.73. The summed E-state index contributed by atoms with van der Waals surface area (Å²) >= 11 is 0. The van der Waals surface area contributed by atoms with Crippen LogP contribution in [-0.2, 0) is 6.54 Å². The number of halogens is 2. The topological polar surface area (TPSA) is 37.0 Å². The van der Waals surface area contributed by atoms with Gasteiger partial charge in [0.25, 0.3) is 0 Å². The molecule has 3 nitrogen and oxygen atoms in total. The molecule has 2 aromatic rings. The molecule has 5 heteroatoms. The van der Waals surface area contributed by atoms with Gasteiger partial charge in [-0.1, -0.05) is 30.3 Å². The molecular weight excluding hydrogens is 272 g/mol. The quantitative estimate of drug-likeness (QED) is 0.887. The molecule has 0 radical (unpaired) electrons. The van der Waals surface area contributed by atoms with Gasteiger partial charge >= 0.3 is 0 Å². The first-order valence-electron chi connectivity index (χ1n) is 6.77. The van der Waals surface area contributed by atoms with Gasteiger partial charge in [-0.15, -0.1) is 0 Å². The normalized spacial score (nSPS) is 11.3. The van der Waals surface area contributed by atoms with E-state index in [1.54, 1.807) is 0 Å². The van der Waals surface area contributed by atoms with Crippen LogP contribution in [0.5, 0.6) is 0 Å². The second-order valence-electron chi connectivity index (χ2n) is 5.86. The summed E-state index contributed by atoms with van der Waals surface area (Å²) < 4.78 is 27.5. The van der Waals surface area contributed by atoms with Gasteiger partial charge < -0.3 is 10.6 Å². The molecule has 0 bridgehead atoms. The average Bonchev–Trinajstić information content (AvgIpc) is 2.40. The smallest absolute Gasteiger partial charge is 0.168 e. The molecule has 0 unspecified atom stereocenters. The Morgan fingerprint density at radius 1 is 1.00 bits per heavy atom. The number of aromatic nitrogens is 1. The number of anilines is 2. The average molecular weight is 291 g/mol. The lowest BCUT2D eigenvalue weighted by molar-refractivity contribution is 0.564. The molecule has 2 rings (SSSR count). The van der Waals surface area contributed by atoms with Gasteiger partial charge in [-0.05, 0) is 26.3 Å². The van der Waals surface area contributed by atoms with Gasteiger partial charge in [0, 0.05) is 18.2 Å². The number of nitrogens with one attached hydrogen (secondary N) is 2. The van der Waals surface area contributed by atoms with E-state index in [-0.39, 0.29) is 17.2 Å². The third-order valence-corrected chi connectivity index (χ3v) is 2.73. The molecule has 0 spiro atoms. The molecule has 0 aliphatic rings. The molecule has 0 saturated carbocycles. The minimum atomic E-state index is -0.706. The minimum Gasteiger partial charge on any atom is -0.363 e. The summed E-state index contributed by atoms with van der Waals surface area (Å²) in [6.07, 6.45) is 0. The highest BCUT2D eigenvalue weighted by atomic mass is 19.1. The summed E-state index contributed by atoms with van der Waals surface area (Å²) in [6, 6.07) is 10.4. The lowest BCUT2D eigenvalue weighted by Gasteiger charge is -2.22. The molecule has 0 aliphatic heterocycles. The number of hydrogen-bond donors (Lipinski definition) is 2. The summed E-state index contributed by atoms with van der Waals surface area (Å²) in [6.45, 7) is 6.07. The van der Waals surface area contributed by atoms with E-state index in [4.69, 9.17) is 0 Å². The Balaban J connectivity index is 2.17. The van der Waals surface area contributed by atoms with Gasteiger partial charge in [-0.3, -0.25) is 0 Å². The first kappa shape index (κ1) is 15.2. The van der Waals surface area contributed by atoms with Crippen LogP contribution in [0.4, 0.5) is 20.4 Å². The van der Waals surface area contributed by atoms with E-state index in [2.05, 4.69) is 15.6 Å². The molecule has 21 heavy (non-hydrogen) atoms. The molecule has 112 valence electrons. The molecule has 1 aromatic carbocycles. The third kappa shape index (κ3) is 4.41. The second kappa shape index (κ2) is 6.08. The highest BCUT2D eigenvalue weighted by molar-refractivity contribution is 5.48. The summed E-state index contributed by atoms with van der Waals surface area (Å²) in [7, 11) is 0. The van der Waals surface area contributed by atoms with Crippen LogP contribution in [0.25, 0.3) is 0 Å². The van der Waals surface area contributed by atoms with Crippen LogP contribution in [0.2, 0.25) is 0 Å². The highest BCUT2D eigenvalue weighted by Gasteiger charge is 2.17. The molecule has 0 fully saturated rings. The summed E-state index contributed by atoms with van der Waals surface area (Å²) in [5, 5.41) is 5.81. The van der Waals surface area contributed by atoms with Crippen molar-refractivity contribution in [2.75, 3.05) is 10.6 Å². The van der Waals surface area contributed by atoms with E-state index in [0.717, 1.165) is 11.6 Å². The maximum Gasteiger partial charge on any atom is 0.168 e. The van der Waals surface area contributed by atoms with Crippen LogP contribution < -0.4 is 10.6 Å². The largest absolute Gasteiger partial charge is 0.363 e.